The number of para-hydroxylation sites is 1. The van der Waals surface area contributed by atoms with Crippen LogP contribution in [-0.4, -0.2) is 15.1 Å². The Morgan fingerprint density at radius 1 is 0.727 bits per heavy atom. The van der Waals surface area contributed by atoms with Crippen molar-refractivity contribution < 1.29 is 5.11 Å². The van der Waals surface area contributed by atoms with Gasteiger partial charge < -0.3 is 5.11 Å². The van der Waals surface area contributed by atoms with Crippen molar-refractivity contribution in [1.82, 2.24) is 9.97 Å². The van der Waals surface area contributed by atoms with Crippen molar-refractivity contribution in [3.8, 4) is 16.9 Å². The Bertz CT molecular complexity index is 778. The third-order valence-electron chi connectivity index (χ3n) is 2.88. The van der Waals surface area contributed by atoms with Gasteiger partial charge in [0.15, 0.2) is 11.6 Å². The maximum Gasteiger partial charge on any atom is 0.182 e. The maximum absolute atomic E-state index is 9.96. The molecule has 0 aliphatic rings. The van der Waals surface area contributed by atoms with Gasteiger partial charge in [0.05, 0.1) is 0 Å². The lowest BCUT2D eigenvalue weighted by Crippen LogP contribution is -1.82. The summed E-state index contributed by atoms with van der Waals surface area (Å²) in [5.41, 5.74) is 1.39. The smallest absolute Gasteiger partial charge is 0.182 e. The van der Waals surface area contributed by atoms with Crippen molar-refractivity contribution in [2.75, 3.05) is 0 Å². The quantitative estimate of drug-likeness (QED) is 0.713. The van der Waals surface area contributed by atoms with Gasteiger partial charge in [-0.2, -0.15) is 0 Å². The molecular weight excluding hydrogens is 300 g/mol. The molecule has 1 N–H and O–H groups in total. The second-order valence-corrected chi connectivity index (χ2v) is 4.28. The lowest BCUT2D eigenvalue weighted by atomic mass is 10.1. The fraction of sp³-hybridized carbons (Fsp3) is 0. The van der Waals surface area contributed by atoms with Crippen LogP contribution in [0.5, 0.6) is 5.75 Å². The third-order valence-corrected chi connectivity index (χ3v) is 2.88. The predicted molar refractivity (Wildman–Crippen MR) is 87.0 cm³/mol. The first-order valence-electron chi connectivity index (χ1n) is 6.41. The number of aromatic hydroxyl groups is 1. The molecule has 6 heteroatoms. The standard InChI is InChI=1S/C16H12N4O.ClH/c21-14-8-2-1-6-12(14)13-7-5-11-18-16(13)20-19-15-9-3-4-10-17-15;/h1-11,21H;1H. The SMILES string of the molecule is Cl.Oc1ccccc1-c1cccnc1N=Nc1ccccn1. The first-order valence-corrected chi connectivity index (χ1v) is 6.41. The zero-order valence-corrected chi connectivity index (χ0v) is 12.3. The van der Waals surface area contributed by atoms with Gasteiger partial charge >= 0.3 is 0 Å². The summed E-state index contributed by atoms with van der Waals surface area (Å²) in [6.45, 7) is 0. The van der Waals surface area contributed by atoms with E-state index < -0.39 is 0 Å². The summed E-state index contributed by atoms with van der Waals surface area (Å²) in [5, 5.41) is 18.2. The summed E-state index contributed by atoms with van der Waals surface area (Å²) >= 11 is 0. The average Bonchev–Trinajstić information content (AvgIpc) is 2.55. The van der Waals surface area contributed by atoms with Crippen molar-refractivity contribution in [2.45, 2.75) is 0 Å². The van der Waals surface area contributed by atoms with Crippen molar-refractivity contribution in [3.05, 3.63) is 67.0 Å². The molecule has 0 fully saturated rings. The van der Waals surface area contributed by atoms with Gasteiger partial charge in [0.2, 0.25) is 0 Å². The van der Waals surface area contributed by atoms with E-state index in [0.29, 0.717) is 17.2 Å². The lowest BCUT2D eigenvalue weighted by Gasteiger charge is -2.05. The minimum absolute atomic E-state index is 0. The number of phenolic OH excluding ortho intramolecular Hbond substituents is 1. The highest BCUT2D eigenvalue weighted by Gasteiger charge is 2.09. The van der Waals surface area contributed by atoms with Gasteiger partial charge in [-0.3, -0.25) is 0 Å². The van der Waals surface area contributed by atoms with Crippen LogP contribution < -0.4 is 0 Å². The van der Waals surface area contributed by atoms with Crippen LogP contribution in [0, 0.1) is 0 Å². The molecule has 0 spiro atoms. The molecule has 0 saturated heterocycles. The molecule has 0 aliphatic heterocycles. The number of rotatable bonds is 3. The molecule has 1 aromatic carbocycles. The summed E-state index contributed by atoms with van der Waals surface area (Å²) in [7, 11) is 0. The minimum atomic E-state index is 0. The molecule has 0 atom stereocenters. The van der Waals surface area contributed by atoms with Crippen LogP contribution in [0.4, 0.5) is 11.6 Å². The molecular formula is C16H13ClN4O. The maximum atomic E-state index is 9.96. The lowest BCUT2D eigenvalue weighted by molar-refractivity contribution is 0.477. The summed E-state index contributed by atoms with van der Waals surface area (Å²) in [6.07, 6.45) is 3.28. The van der Waals surface area contributed by atoms with Crippen LogP contribution in [0.3, 0.4) is 0 Å². The third kappa shape index (κ3) is 3.45. The largest absolute Gasteiger partial charge is 0.507 e. The molecule has 0 saturated carbocycles. The topological polar surface area (TPSA) is 70.7 Å². The van der Waals surface area contributed by atoms with Crippen LogP contribution in [0.2, 0.25) is 0 Å². The Morgan fingerprint density at radius 3 is 2.23 bits per heavy atom. The number of phenols is 1. The molecule has 0 unspecified atom stereocenters. The normalized spacial score (nSPS) is 10.4. The van der Waals surface area contributed by atoms with E-state index in [0.717, 1.165) is 5.56 Å². The van der Waals surface area contributed by atoms with Crippen molar-refractivity contribution in [2.24, 2.45) is 10.2 Å². The second kappa shape index (κ2) is 7.28. The van der Waals surface area contributed by atoms with Gasteiger partial charge in [0.25, 0.3) is 0 Å². The van der Waals surface area contributed by atoms with E-state index in [9.17, 15) is 5.11 Å². The highest BCUT2D eigenvalue weighted by Crippen LogP contribution is 2.34. The zero-order valence-electron chi connectivity index (χ0n) is 11.5. The number of halogens is 1. The zero-order chi connectivity index (χ0) is 14.5. The van der Waals surface area contributed by atoms with Gasteiger partial charge in [-0.05, 0) is 30.3 Å². The van der Waals surface area contributed by atoms with E-state index in [-0.39, 0.29) is 18.2 Å². The molecule has 0 amide bonds. The van der Waals surface area contributed by atoms with E-state index in [4.69, 9.17) is 0 Å². The Morgan fingerprint density at radius 2 is 1.45 bits per heavy atom. The van der Waals surface area contributed by atoms with E-state index in [1.807, 2.05) is 30.3 Å². The van der Waals surface area contributed by atoms with E-state index in [1.54, 1.807) is 36.7 Å². The number of nitrogens with zero attached hydrogens (tertiary/aromatic N) is 4. The van der Waals surface area contributed by atoms with Crippen LogP contribution >= 0.6 is 12.4 Å². The molecule has 2 aromatic heterocycles. The van der Waals surface area contributed by atoms with Crippen LogP contribution in [-0.2, 0) is 0 Å². The van der Waals surface area contributed by atoms with Gasteiger partial charge in [0, 0.05) is 23.5 Å². The van der Waals surface area contributed by atoms with Crippen LogP contribution in [0.1, 0.15) is 0 Å². The summed E-state index contributed by atoms with van der Waals surface area (Å²) < 4.78 is 0. The van der Waals surface area contributed by atoms with E-state index in [2.05, 4.69) is 20.2 Å². The number of azo groups is 1. The average molecular weight is 313 g/mol. The van der Waals surface area contributed by atoms with Gasteiger partial charge in [-0.1, -0.05) is 24.3 Å². The molecule has 0 radical (unpaired) electrons. The van der Waals surface area contributed by atoms with Crippen LogP contribution in [0.15, 0.2) is 77.2 Å². The number of pyridine rings is 2. The number of benzene rings is 1. The fourth-order valence-corrected chi connectivity index (χ4v) is 1.90. The molecule has 110 valence electrons. The molecule has 3 rings (SSSR count). The molecule has 0 aliphatic carbocycles. The summed E-state index contributed by atoms with van der Waals surface area (Å²) in [6, 6.07) is 16.1. The molecule has 0 bridgehead atoms. The Kier molecular flexibility index (Phi) is 5.16. The second-order valence-electron chi connectivity index (χ2n) is 4.28. The van der Waals surface area contributed by atoms with E-state index >= 15 is 0 Å². The molecule has 3 aromatic rings. The Hall–Kier alpha value is -2.79. The van der Waals surface area contributed by atoms with Gasteiger partial charge in [0.1, 0.15) is 5.75 Å². The fourth-order valence-electron chi connectivity index (χ4n) is 1.90. The first kappa shape index (κ1) is 15.6. The monoisotopic (exact) mass is 312 g/mol. The highest BCUT2D eigenvalue weighted by molar-refractivity contribution is 5.85. The predicted octanol–water partition coefficient (Wildman–Crippen LogP) is 4.69. The number of aromatic nitrogens is 2. The summed E-state index contributed by atoms with van der Waals surface area (Å²) in [4.78, 5) is 8.29. The minimum Gasteiger partial charge on any atom is -0.507 e. The summed E-state index contributed by atoms with van der Waals surface area (Å²) in [5.74, 6) is 1.12. The van der Waals surface area contributed by atoms with E-state index in [1.165, 1.54) is 0 Å². The Labute approximate surface area is 133 Å². The van der Waals surface area contributed by atoms with Gasteiger partial charge in [-0.15, -0.1) is 22.6 Å². The van der Waals surface area contributed by atoms with Crippen molar-refractivity contribution in [3.63, 3.8) is 0 Å². The highest BCUT2D eigenvalue weighted by atomic mass is 35.5. The number of hydrogen-bond acceptors (Lipinski definition) is 5. The van der Waals surface area contributed by atoms with Crippen molar-refractivity contribution >= 4 is 24.0 Å². The molecule has 22 heavy (non-hydrogen) atoms. The molecule has 2 heterocycles. The van der Waals surface area contributed by atoms with Gasteiger partial charge in [-0.25, -0.2) is 9.97 Å². The van der Waals surface area contributed by atoms with Crippen LogP contribution in [0.25, 0.3) is 11.1 Å². The molecule has 5 nitrogen and oxygen atoms in total. The Balaban J connectivity index is 0.00000176. The van der Waals surface area contributed by atoms with Crippen molar-refractivity contribution in [1.29, 1.82) is 0 Å². The number of hydrogen-bond donors (Lipinski definition) is 1. The first-order chi connectivity index (χ1) is 10.3.